The van der Waals surface area contributed by atoms with Gasteiger partial charge in [0.25, 0.3) is 0 Å². The number of methoxy groups -OCH3 is 1. The molecule has 0 aromatic heterocycles. The van der Waals surface area contributed by atoms with Crippen LogP contribution in [0.3, 0.4) is 0 Å². The molecule has 1 amide bonds. The molecule has 1 aromatic rings. The number of nitrogens with one attached hydrogen (secondary N) is 1. The van der Waals surface area contributed by atoms with Crippen LogP contribution < -0.4 is 5.32 Å². The largest absolute Gasteiger partial charge is 0.467 e. The first-order valence-corrected chi connectivity index (χ1v) is 9.10. The number of alkyl carbamates (subject to hydrolysis) is 1. The summed E-state index contributed by atoms with van der Waals surface area (Å²) >= 11 is 0. The summed E-state index contributed by atoms with van der Waals surface area (Å²) < 4.78 is 9.86. The van der Waals surface area contributed by atoms with Gasteiger partial charge in [0.1, 0.15) is 6.61 Å². The Kier molecular flexibility index (Phi) is 8.70. The molecule has 1 rings (SSSR count). The van der Waals surface area contributed by atoms with Gasteiger partial charge in [-0.15, -0.1) is 0 Å². The highest BCUT2D eigenvalue weighted by Crippen LogP contribution is 2.31. The number of benzene rings is 1. The third-order valence-corrected chi connectivity index (χ3v) is 4.44. The van der Waals surface area contributed by atoms with Gasteiger partial charge in [-0.05, 0) is 17.4 Å². The molecule has 1 N–H and O–H groups in total. The molecule has 1 aromatic carbocycles. The number of Topliss-reactive ketones (excluding diaryl/α,β-unsaturated/α-hetero) is 1. The fourth-order valence-electron chi connectivity index (χ4n) is 2.41. The second kappa shape index (κ2) is 10.5. The van der Waals surface area contributed by atoms with E-state index in [2.05, 4.69) is 5.32 Å². The van der Waals surface area contributed by atoms with Gasteiger partial charge in [0.15, 0.2) is 11.8 Å². The number of carbonyl (C=O) groups excluding carboxylic acids is 3. The maximum absolute atomic E-state index is 13.1. The van der Waals surface area contributed by atoms with E-state index in [1.165, 1.54) is 7.11 Å². The van der Waals surface area contributed by atoms with Crippen molar-refractivity contribution in [1.82, 2.24) is 10.2 Å². The Morgan fingerprint density at radius 2 is 1.79 bits per heavy atom. The Hall–Kier alpha value is -2.83. The molecule has 154 valence electrons. The summed E-state index contributed by atoms with van der Waals surface area (Å²) in [4.78, 5) is 39.3. The number of nitrogens with zero attached hydrogens (tertiary/aromatic N) is 1. The maximum Gasteiger partial charge on any atom is 0.408 e. The van der Waals surface area contributed by atoms with Crippen LogP contribution in [0.2, 0.25) is 0 Å². The first-order chi connectivity index (χ1) is 13.1. The first kappa shape index (κ1) is 23.2. The zero-order valence-corrected chi connectivity index (χ0v) is 17.4. The lowest BCUT2D eigenvalue weighted by Crippen LogP contribution is -2.49. The number of hydrogen-bond donors (Lipinski definition) is 1. The van der Waals surface area contributed by atoms with Crippen LogP contribution in [0.25, 0.3) is 0 Å². The highest BCUT2D eigenvalue weighted by atomic mass is 16.6. The number of ether oxygens (including phenoxy) is 2. The van der Waals surface area contributed by atoms with Gasteiger partial charge < -0.3 is 19.7 Å². The summed E-state index contributed by atoms with van der Waals surface area (Å²) in [6.07, 6.45) is 1.47. The Morgan fingerprint density at radius 1 is 1.18 bits per heavy atom. The second-order valence-electron chi connectivity index (χ2n) is 7.27. The molecule has 0 fully saturated rings. The molecule has 1 unspecified atom stereocenters. The Bertz CT molecular complexity index is 711. The van der Waals surface area contributed by atoms with E-state index in [1.54, 1.807) is 37.3 Å². The Morgan fingerprint density at radius 3 is 2.29 bits per heavy atom. The van der Waals surface area contributed by atoms with Crippen LogP contribution in [0.5, 0.6) is 0 Å². The summed E-state index contributed by atoms with van der Waals surface area (Å²) in [6, 6.07) is 7.62. The fourth-order valence-corrected chi connectivity index (χ4v) is 2.41. The van der Waals surface area contributed by atoms with Crippen molar-refractivity contribution in [2.24, 2.45) is 5.41 Å². The minimum Gasteiger partial charge on any atom is -0.467 e. The van der Waals surface area contributed by atoms with E-state index >= 15 is 0 Å². The smallest absolute Gasteiger partial charge is 0.408 e. The highest BCUT2D eigenvalue weighted by Gasteiger charge is 2.37. The van der Waals surface area contributed by atoms with Gasteiger partial charge >= 0.3 is 12.1 Å². The molecule has 0 radical (unpaired) electrons. The molecule has 0 saturated heterocycles. The average Bonchev–Trinajstić information content (AvgIpc) is 2.68. The van der Waals surface area contributed by atoms with E-state index in [0.717, 1.165) is 5.56 Å². The van der Waals surface area contributed by atoms with Gasteiger partial charge in [0.2, 0.25) is 0 Å². The van der Waals surface area contributed by atoms with Crippen molar-refractivity contribution in [2.45, 2.75) is 39.8 Å². The summed E-state index contributed by atoms with van der Waals surface area (Å²) in [7, 11) is 4.74. The molecule has 7 nitrogen and oxygen atoms in total. The molecule has 0 aliphatic carbocycles. The summed E-state index contributed by atoms with van der Waals surface area (Å²) in [5.41, 5.74) is 0.709. The topological polar surface area (TPSA) is 84.9 Å². The standard InChI is InChI=1S/C21H30N2O5/c1-7-21(2,3)16(13-23(4)5)18(24)17(19(25)27-6)22-20(26)28-14-15-11-9-8-10-12-15/h8-13,17H,7,14H2,1-6H3,(H,22,26)/b16-13+. The molecule has 0 bridgehead atoms. The zero-order chi connectivity index (χ0) is 21.3. The minimum absolute atomic E-state index is 0.0234. The second-order valence-corrected chi connectivity index (χ2v) is 7.27. The molecule has 0 aliphatic rings. The Labute approximate surface area is 166 Å². The number of esters is 1. The molecular formula is C21H30N2O5. The maximum atomic E-state index is 13.1. The van der Waals surface area contributed by atoms with Crippen molar-refractivity contribution < 1.29 is 23.9 Å². The third-order valence-electron chi connectivity index (χ3n) is 4.44. The van der Waals surface area contributed by atoms with Crippen LogP contribution in [-0.2, 0) is 25.7 Å². The van der Waals surface area contributed by atoms with E-state index in [1.807, 2.05) is 39.0 Å². The van der Waals surface area contributed by atoms with Crippen molar-refractivity contribution >= 4 is 17.8 Å². The molecule has 7 heteroatoms. The fraction of sp³-hybridized carbons (Fsp3) is 0.476. The van der Waals surface area contributed by atoms with E-state index in [0.29, 0.717) is 12.0 Å². The van der Waals surface area contributed by atoms with Gasteiger partial charge in [-0.1, -0.05) is 51.1 Å². The van der Waals surface area contributed by atoms with E-state index < -0.39 is 29.3 Å². The van der Waals surface area contributed by atoms with E-state index in [4.69, 9.17) is 9.47 Å². The lowest BCUT2D eigenvalue weighted by Gasteiger charge is -2.29. The third kappa shape index (κ3) is 6.72. The highest BCUT2D eigenvalue weighted by molar-refractivity contribution is 6.13. The van der Waals surface area contributed by atoms with E-state index in [-0.39, 0.29) is 6.61 Å². The molecule has 0 heterocycles. The van der Waals surface area contributed by atoms with E-state index in [9.17, 15) is 14.4 Å². The lowest BCUT2D eigenvalue weighted by atomic mass is 9.78. The summed E-state index contributed by atoms with van der Waals surface area (Å²) in [6.45, 7) is 5.78. The molecule has 0 spiro atoms. The molecule has 0 saturated carbocycles. The van der Waals surface area contributed by atoms with Crippen LogP contribution in [0.15, 0.2) is 42.1 Å². The number of hydrogen-bond acceptors (Lipinski definition) is 6. The normalized spacial score (nSPS) is 12.7. The van der Waals surface area contributed by atoms with Crippen LogP contribution in [0.4, 0.5) is 4.79 Å². The van der Waals surface area contributed by atoms with Crippen molar-refractivity contribution in [3.63, 3.8) is 0 Å². The molecular weight excluding hydrogens is 360 g/mol. The lowest BCUT2D eigenvalue weighted by molar-refractivity contribution is -0.145. The minimum atomic E-state index is -1.48. The van der Waals surface area contributed by atoms with Crippen molar-refractivity contribution in [1.29, 1.82) is 0 Å². The van der Waals surface area contributed by atoms with Crippen molar-refractivity contribution in [3.8, 4) is 0 Å². The van der Waals surface area contributed by atoms with Crippen LogP contribution in [0, 0.1) is 5.41 Å². The van der Waals surface area contributed by atoms with Gasteiger partial charge in [-0.25, -0.2) is 9.59 Å². The first-order valence-electron chi connectivity index (χ1n) is 9.10. The van der Waals surface area contributed by atoms with Crippen molar-refractivity contribution in [2.75, 3.05) is 21.2 Å². The van der Waals surface area contributed by atoms with Gasteiger partial charge in [0, 0.05) is 25.9 Å². The monoisotopic (exact) mass is 390 g/mol. The summed E-state index contributed by atoms with van der Waals surface area (Å²) in [5, 5.41) is 2.34. The van der Waals surface area contributed by atoms with Crippen LogP contribution >= 0.6 is 0 Å². The molecule has 0 aliphatic heterocycles. The van der Waals surface area contributed by atoms with Crippen molar-refractivity contribution in [3.05, 3.63) is 47.7 Å². The number of amides is 1. The van der Waals surface area contributed by atoms with Gasteiger partial charge in [-0.3, -0.25) is 4.79 Å². The predicted octanol–water partition coefficient (Wildman–Crippen LogP) is 2.91. The Balaban J connectivity index is 3.00. The van der Waals surface area contributed by atoms with Crippen LogP contribution in [0.1, 0.15) is 32.8 Å². The number of carbonyl (C=O) groups is 3. The number of ketones is 1. The summed E-state index contributed by atoms with van der Waals surface area (Å²) in [5.74, 6) is -1.37. The van der Waals surface area contributed by atoms with Gasteiger partial charge in [-0.2, -0.15) is 0 Å². The zero-order valence-electron chi connectivity index (χ0n) is 17.4. The average molecular weight is 390 g/mol. The van der Waals surface area contributed by atoms with Crippen LogP contribution in [-0.4, -0.2) is 50.0 Å². The quantitative estimate of drug-likeness (QED) is 0.396. The number of rotatable bonds is 9. The SMILES string of the molecule is CCC(C)(C)/C(=C/N(C)C)C(=O)C(NC(=O)OCc1ccccc1)C(=O)OC. The molecule has 1 atom stereocenters. The van der Waals surface area contributed by atoms with Gasteiger partial charge in [0.05, 0.1) is 7.11 Å². The predicted molar refractivity (Wildman–Crippen MR) is 106 cm³/mol. The molecule has 28 heavy (non-hydrogen) atoms.